The number of carbonyl (C=O) groups excluding carboxylic acids is 1. The summed E-state index contributed by atoms with van der Waals surface area (Å²) in [6.07, 6.45) is 0.347. The largest absolute Gasteiger partial charge is 0.496 e. The van der Waals surface area contributed by atoms with Crippen LogP contribution in [0.5, 0.6) is 5.75 Å². The molecule has 0 saturated carbocycles. The summed E-state index contributed by atoms with van der Waals surface area (Å²) >= 11 is 5.46. The Morgan fingerprint density at radius 3 is 2.79 bits per heavy atom. The Balaban J connectivity index is 2.98. The minimum absolute atomic E-state index is 0.0132. The van der Waals surface area contributed by atoms with Gasteiger partial charge in [0.25, 0.3) is 0 Å². The SMILES string of the molecule is COc1cccc(C)c1CC(=O)CCl. The molecule has 0 aromatic heterocycles. The summed E-state index contributed by atoms with van der Waals surface area (Å²) in [5.41, 5.74) is 1.99. The molecule has 0 aliphatic heterocycles. The first kappa shape index (κ1) is 11.1. The minimum Gasteiger partial charge on any atom is -0.496 e. The average Bonchev–Trinajstić information content (AvgIpc) is 2.20. The standard InChI is InChI=1S/C11H13ClO2/c1-8-4-3-5-11(14-2)10(8)6-9(13)7-12/h3-5H,6-7H2,1-2H3. The van der Waals surface area contributed by atoms with Gasteiger partial charge in [-0.1, -0.05) is 12.1 Å². The maximum Gasteiger partial charge on any atom is 0.152 e. The number of hydrogen-bond donors (Lipinski definition) is 0. The molecule has 0 heterocycles. The molecule has 0 aliphatic rings. The second-order valence-corrected chi connectivity index (χ2v) is 3.37. The van der Waals surface area contributed by atoms with Crippen molar-refractivity contribution >= 4 is 17.4 Å². The van der Waals surface area contributed by atoms with Crippen LogP contribution >= 0.6 is 11.6 Å². The Bertz CT molecular complexity index is 334. The monoisotopic (exact) mass is 212 g/mol. The molecule has 1 rings (SSSR count). The van der Waals surface area contributed by atoms with Gasteiger partial charge in [-0.25, -0.2) is 0 Å². The van der Waals surface area contributed by atoms with Crippen molar-refractivity contribution in [2.75, 3.05) is 13.0 Å². The van der Waals surface area contributed by atoms with E-state index in [1.807, 2.05) is 25.1 Å². The zero-order valence-corrected chi connectivity index (χ0v) is 9.10. The lowest BCUT2D eigenvalue weighted by molar-refractivity contribution is -0.116. The third kappa shape index (κ3) is 2.48. The molecular formula is C11H13ClO2. The number of benzene rings is 1. The van der Waals surface area contributed by atoms with Gasteiger partial charge in [0, 0.05) is 12.0 Å². The molecule has 0 saturated heterocycles. The highest BCUT2D eigenvalue weighted by atomic mass is 35.5. The average molecular weight is 213 g/mol. The molecule has 0 aliphatic carbocycles. The van der Waals surface area contributed by atoms with E-state index in [1.54, 1.807) is 7.11 Å². The van der Waals surface area contributed by atoms with Gasteiger partial charge in [-0.3, -0.25) is 4.79 Å². The Labute approximate surface area is 88.8 Å². The number of hydrogen-bond acceptors (Lipinski definition) is 2. The molecule has 1 aromatic rings. The molecule has 0 N–H and O–H groups in total. The Morgan fingerprint density at radius 1 is 1.50 bits per heavy atom. The summed E-state index contributed by atoms with van der Waals surface area (Å²) in [5, 5.41) is 0. The van der Waals surface area contributed by atoms with Gasteiger partial charge >= 0.3 is 0 Å². The maximum atomic E-state index is 11.2. The third-order valence-corrected chi connectivity index (χ3v) is 2.41. The fraction of sp³-hybridized carbons (Fsp3) is 0.364. The molecule has 76 valence electrons. The first-order chi connectivity index (χ1) is 6.69. The van der Waals surface area contributed by atoms with E-state index in [2.05, 4.69) is 0 Å². The topological polar surface area (TPSA) is 26.3 Å². The van der Waals surface area contributed by atoms with Gasteiger partial charge in [0.1, 0.15) is 5.75 Å². The van der Waals surface area contributed by atoms with Gasteiger partial charge in [0.05, 0.1) is 13.0 Å². The zero-order chi connectivity index (χ0) is 10.6. The van der Waals surface area contributed by atoms with Crippen LogP contribution in [0.2, 0.25) is 0 Å². The van der Waals surface area contributed by atoms with Crippen molar-refractivity contribution in [2.45, 2.75) is 13.3 Å². The van der Waals surface area contributed by atoms with Crippen LogP contribution in [0.3, 0.4) is 0 Å². The van der Waals surface area contributed by atoms with Crippen molar-refractivity contribution in [2.24, 2.45) is 0 Å². The van der Waals surface area contributed by atoms with Crippen molar-refractivity contribution in [3.8, 4) is 5.75 Å². The van der Waals surface area contributed by atoms with E-state index in [0.717, 1.165) is 16.9 Å². The van der Waals surface area contributed by atoms with E-state index in [4.69, 9.17) is 16.3 Å². The second kappa shape index (κ2) is 5.01. The quantitative estimate of drug-likeness (QED) is 0.717. The van der Waals surface area contributed by atoms with E-state index in [9.17, 15) is 4.79 Å². The van der Waals surface area contributed by atoms with E-state index in [-0.39, 0.29) is 11.7 Å². The summed E-state index contributed by atoms with van der Waals surface area (Å²) < 4.78 is 5.18. The van der Waals surface area contributed by atoms with Crippen LogP contribution < -0.4 is 4.74 Å². The van der Waals surface area contributed by atoms with Crippen LogP contribution in [-0.4, -0.2) is 18.8 Å². The van der Waals surface area contributed by atoms with Crippen molar-refractivity contribution in [1.82, 2.24) is 0 Å². The first-order valence-corrected chi connectivity index (χ1v) is 4.92. The normalized spacial score (nSPS) is 9.93. The molecule has 2 nitrogen and oxygen atoms in total. The van der Waals surface area contributed by atoms with Crippen LogP contribution in [0, 0.1) is 6.92 Å². The Morgan fingerprint density at radius 2 is 2.21 bits per heavy atom. The number of aryl methyl sites for hydroxylation is 1. The molecule has 0 radical (unpaired) electrons. The van der Waals surface area contributed by atoms with Crippen molar-refractivity contribution in [3.05, 3.63) is 29.3 Å². The maximum absolute atomic E-state index is 11.2. The molecule has 1 aromatic carbocycles. The molecule has 3 heteroatoms. The summed E-state index contributed by atoms with van der Waals surface area (Å²) in [6.45, 7) is 1.96. The lowest BCUT2D eigenvalue weighted by Crippen LogP contribution is -2.06. The van der Waals surface area contributed by atoms with E-state index in [0.29, 0.717) is 6.42 Å². The van der Waals surface area contributed by atoms with Crippen molar-refractivity contribution < 1.29 is 9.53 Å². The lowest BCUT2D eigenvalue weighted by atomic mass is 10.0. The number of alkyl halides is 1. The number of methoxy groups -OCH3 is 1. The predicted molar refractivity (Wildman–Crippen MR) is 57.2 cm³/mol. The number of rotatable bonds is 4. The molecule has 0 unspecified atom stereocenters. The summed E-state index contributed by atoms with van der Waals surface area (Å²) in [7, 11) is 1.60. The van der Waals surface area contributed by atoms with Gasteiger partial charge in [-0.2, -0.15) is 0 Å². The smallest absolute Gasteiger partial charge is 0.152 e. The first-order valence-electron chi connectivity index (χ1n) is 4.39. The third-order valence-electron chi connectivity index (χ3n) is 2.11. The molecule has 0 fully saturated rings. The summed E-state index contributed by atoms with van der Waals surface area (Å²) in [6, 6.07) is 5.71. The van der Waals surface area contributed by atoms with Crippen molar-refractivity contribution in [3.63, 3.8) is 0 Å². The van der Waals surface area contributed by atoms with Gasteiger partial charge in [-0.15, -0.1) is 11.6 Å². The number of halogens is 1. The molecule has 14 heavy (non-hydrogen) atoms. The number of ether oxygens (including phenoxy) is 1. The molecule has 0 bridgehead atoms. The van der Waals surface area contributed by atoms with E-state index < -0.39 is 0 Å². The molecule has 0 amide bonds. The highest BCUT2D eigenvalue weighted by molar-refractivity contribution is 6.27. The summed E-state index contributed by atoms with van der Waals surface area (Å²) in [5.74, 6) is 0.819. The van der Waals surface area contributed by atoms with Gasteiger partial charge in [0.15, 0.2) is 5.78 Å². The Kier molecular flexibility index (Phi) is 3.96. The van der Waals surface area contributed by atoms with Crippen LogP contribution in [-0.2, 0) is 11.2 Å². The fourth-order valence-corrected chi connectivity index (χ4v) is 1.43. The lowest BCUT2D eigenvalue weighted by Gasteiger charge is -2.09. The molecule has 0 atom stereocenters. The number of Topliss-reactive ketones (excluding diaryl/α,β-unsaturated/α-hetero) is 1. The number of carbonyl (C=O) groups is 1. The second-order valence-electron chi connectivity index (χ2n) is 3.10. The van der Waals surface area contributed by atoms with Crippen LogP contribution in [0.15, 0.2) is 18.2 Å². The van der Waals surface area contributed by atoms with Crippen LogP contribution in [0.1, 0.15) is 11.1 Å². The zero-order valence-electron chi connectivity index (χ0n) is 8.34. The van der Waals surface area contributed by atoms with Crippen LogP contribution in [0.25, 0.3) is 0 Å². The van der Waals surface area contributed by atoms with Crippen molar-refractivity contribution in [1.29, 1.82) is 0 Å². The van der Waals surface area contributed by atoms with E-state index >= 15 is 0 Å². The van der Waals surface area contributed by atoms with Crippen LogP contribution in [0.4, 0.5) is 0 Å². The molecule has 0 spiro atoms. The highest BCUT2D eigenvalue weighted by Crippen LogP contribution is 2.22. The van der Waals surface area contributed by atoms with E-state index in [1.165, 1.54) is 0 Å². The van der Waals surface area contributed by atoms with Gasteiger partial charge in [-0.05, 0) is 18.6 Å². The highest BCUT2D eigenvalue weighted by Gasteiger charge is 2.09. The number of ketones is 1. The molecular weight excluding hydrogens is 200 g/mol. The van der Waals surface area contributed by atoms with Gasteiger partial charge < -0.3 is 4.74 Å². The van der Waals surface area contributed by atoms with Gasteiger partial charge in [0.2, 0.25) is 0 Å². The minimum atomic E-state index is 0.0132. The Hall–Kier alpha value is -1.02. The predicted octanol–water partition coefficient (Wildman–Crippen LogP) is 2.35. The fourth-order valence-electron chi connectivity index (χ4n) is 1.34. The summed E-state index contributed by atoms with van der Waals surface area (Å²) in [4.78, 5) is 11.2.